The summed E-state index contributed by atoms with van der Waals surface area (Å²) < 4.78 is 13.2. The number of nitrogens with one attached hydrogen (secondary N) is 2. The van der Waals surface area contributed by atoms with Crippen molar-refractivity contribution in [2.24, 2.45) is 0 Å². The average Bonchev–Trinajstić information content (AvgIpc) is 3.23. The number of aliphatic hydroxyl groups excluding tert-OH is 1. The molecule has 1 saturated heterocycles. The predicted octanol–water partition coefficient (Wildman–Crippen LogP) is 3.22. The van der Waals surface area contributed by atoms with E-state index in [9.17, 15) is 14.7 Å². The Morgan fingerprint density at radius 2 is 1.53 bits per heavy atom. The number of methoxy groups -OCH3 is 1. The van der Waals surface area contributed by atoms with Crippen molar-refractivity contribution >= 4 is 0 Å². The molecule has 0 aliphatic carbocycles. The van der Waals surface area contributed by atoms with Gasteiger partial charge in [0.05, 0.1) is 24.9 Å². The second kappa shape index (κ2) is 10.1. The van der Waals surface area contributed by atoms with Gasteiger partial charge in [-0.2, -0.15) is 0 Å². The number of nitrogens with zero attached hydrogens (tertiary/aromatic N) is 1. The third-order valence-corrected chi connectivity index (χ3v) is 7.24. The summed E-state index contributed by atoms with van der Waals surface area (Å²) in [6.45, 7) is 3.39. The molecule has 0 radical (unpaired) electrons. The summed E-state index contributed by atoms with van der Waals surface area (Å²) in [4.78, 5) is 27.9. The van der Waals surface area contributed by atoms with E-state index in [2.05, 4.69) is 10.3 Å². The Kier molecular flexibility index (Phi) is 6.79. The maximum atomic E-state index is 13.3. The molecular weight excluding hydrogens is 482 g/mol. The van der Waals surface area contributed by atoms with Crippen LogP contribution in [0.5, 0.6) is 5.75 Å². The molecule has 0 spiro atoms. The van der Waals surface area contributed by atoms with Gasteiger partial charge in [-0.25, -0.2) is 4.79 Å². The van der Waals surface area contributed by atoms with Crippen LogP contribution in [0, 0.1) is 6.92 Å². The Labute approximate surface area is 220 Å². The zero-order valence-electron chi connectivity index (χ0n) is 21.5. The summed E-state index contributed by atoms with van der Waals surface area (Å²) in [6.07, 6.45) is 0.105. The Balaban J connectivity index is 1.84. The van der Waals surface area contributed by atoms with Gasteiger partial charge in [-0.05, 0) is 42.7 Å². The lowest BCUT2D eigenvalue weighted by Crippen LogP contribution is -2.61. The van der Waals surface area contributed by atoms with Gasteiger partial charge in [0.25, 0.3) is 5.56 Å². The predicted molar refractivity (Wildman–Crippen MR) is 144 cm³/mol. The topological polar surface area (TPSA) is 106 Å². The highest BCUT2D eigenvalue weighted by Gasteiger charge is 2.52. The van der Waals surface area contributed by atoms with Crippen LogP contribution in [-0.4, -0.2) is 34.0 Å². The largest absolute Gasteiger partial charge is 0.497 e. The van der Waals surface area contributed by atoms with E-state index in [0.29, 0.717) is 11.3 Å². The first-order valence-corrected chi connectivity index (χ1v) is 12.5. The van der Waals surface area contributed by atoms with E-state index >= 15 is 0 Å². The number of aliphatic hydroxyl groups is 1. The second-order valence-corrected chi connectivity index (χ2v) is 9.66. The normalized spacial score (nSPS) is 21.4. The van der Waals surface area contributed by atoms with Crippen LogP contribution in [0.4, 0.5) is 0 Å². The van der Waals surface area contributed by atoms with Gasteiger partial charge in [0.1, 0.15) is 5.75 Å². The van der Waals surface area contributed by atoms with Gasteiger partial charge in [-0.3, -0.25) is 19.7 Å². The molecule has 5 rings (SSSR count). The fraction of sp³-hybridized carbons (Fsp3) is 0.267. The SMILES string of the molecule is COc1ccc(C(N[C@]2(n3cc(C)c(=O)[nH]c3=O)C[C@H](O)[C@@H](C)O2)(c2ccccc2)c2ccccc2)cc1. The molecule has 196 valence electrons. The standard InChI is InChI=1S/C30H31N3O5/c1-20-19-33(28(36)31-27(20)35)29(18-26(34)21(2)38-29)32-30(22-10-6-4-7-11-22,23-12-8-5-9-13-23)24-14-16-25(37-3)17-15-24/h4-17,19,21,26,32,34H,18H2,1-3H3,(H,31,35,36)/t21-,26+,29+/m1/s1. The van der Waals surface area contributed by atoms with Crippen LogP contribution in [0.15, 0.2) is 101 Å². The van der Waals surface area contributed by atoms with Crippen LogP contribution in [0.2, 0.25) is 0 Å². The highest BCUT2D eigenvalue weighted by molar-refractivity contribution is 5.50. The molecule has 1 aromatic heterocycles. The molecule has 1 aliphatic heterocycles. The number of hydrogen-bond acceptors (Lipinski definition) is 6. The molecule has 4 aromatic rings. The van der Waals surface area contributed by atoms with Gasteiger partial charge >= 0.3 is 5.69 Å². The molecule has 38 heavy (non-hydrogen) atoms. The number of aromatic nitrogens is 2. The number of aromatic amines is 1. The van der Waals surface area contributed by atoms with Crippen molar-refractivity contribution in [3.8, 4) is 5.75 Å². The maximum Gasteiger partial charge on any atom is 0.331 e. The minimum Gasteiger partial charge on any atom is -0.497 e. The van der Waals surface area contributed by atoms with E-state index in [1.807, 2.05) is 84.9 Å². The van der Waals surface area contributed by atoms with Gasteiger partial charge in [0, 0.05) is 18.2 Å². The van der Waals surface area contributed by atoms with Crippen molar-refractivity contribution in [2.45, 2.75) is 43.9 Å². The fourth-order valence-corrected chi connectivity index (χ4v) is 5.24. The number of hydrogen-bond donors (Lipinski definition) is 3. The van der Waals surface area contributed by atoms with Crippen LogP contribution >= 0.6 is 0 Å². The molecule has 0 bridgehead atoms. The quantitative estimate of drug-likeness (QED) is 0.328. The van der Waals surface area contributed by atoms with Crippen LogP contribution < -0.4 is 21.3 Å². The second-order valence-electron chi connectivity index (χ2n) is 9.66. The van der Waals surface area contributed by atoms with E-state index in [-0.39, 0.29) is 6.42 Å². The molecule has 3 atom stereocenters. The molecule has 8 nitrogen and oxygen atoms in total. The van der Waals surface area contributed by atoms with Crippen molar-refractivity contribution in [2.75, 3.05) is 7.11 Å². The monoisotopic (exact) mass is 513 g/mol. The van der Waals surface area contributed by atoms with Crippen molar-refractivity contribution in [1.29, 1.82) is 0 Å². The lowest BCUT2D eigenvalue weighted by Gasteiger charge is -2.45. The molecule has 0 amide bonds. The van der Waals surface area contributed by atoms with E-state index in [1.54, 1.807) is 21.0 Å². The number of H-pyrrole nitrogens is 1. The zero-order valence-corrected chi connectivity index (χ0v) is 21.5. The number of benzene rings is 3. The van der Waals surface area contributed by atoms with Crippen LogP contribution in [0.3, 0.4) is 0 Å². The van der Waals surface area contributed by atoms with E-state index in [1.165, 1.54) is 10.8 Å². The molecule has 3 N–H and O–H groups in total. The van der Waals surface area contributed by atoms with Crippen molar-refractivity contribution < 1.29 is 14.6 Å². The van der Waals surface area contributed by atoms with Crippen LogP contribution in [-0.2, 0) is 16.1 Å². The summed E-state index contributed by atoms with van der Waals surface area (Å²) in [5, 5.41) is 14.6. The third-order valence-electron chi connectivity index (χ3n) is 7.24. The average molecular weight is 514 g/mol. The maximum absolute atomic E-state index is 13.3. The van der Waals surface area contributed by atoms with E-state index in [4.69, 9.17) is 9.47 Å². The Morgan fingerprint density at radius 1 is 0.974 bits per heavy atom. The van der Waals surface area contributed by atoms with Gasteiger partial charge in [0.2, 0.25) is 5.85 Å². The molecule has 3 aromatic carbocycles. The minimum absolute atomic E-state index is 0.0666. The molecule has 0 unspecified atom stereocenters. The van der Waals surface area contributed by atoms with E-state index in [0.717, 1.165) is 16.7 Å². The first-order chi connectivity index (χ1) is 18.3. The smallest absolute Gasteiger partial charge is 0.331 e. The highest BCUT2D eigenvalue weighted by atomic mass is 16.6. The fourth-order valence-electron chi connectivity index (χ4n) is 5.24. The van der Waals surface area contributed by atoms with Gasteiger partial charge < -0.3 is 14.6 Å². The Morgan fingerprint density at radius 3 is 2.03 bits per heavy atom. The Hall–Kier alpha value is -3.98. The molecule has 0 saturated carbocycles. The summed E-state index contributed by atoms with van der Waals surface area (Å²) in [6, 6.07) is 27.4. The van der Waals surface area contributed by atoms with Crippen molar-refractivity contribution in [1.82, 2.24) is 14.9 Å². The van der Waals surface area contributed by atoms with E-state index < -0.39 is 34.8 Å². The lowest BCUT2D eigenvalue weighted by atomic mass is 9.76. The Bertz CT molecular complexity index is 1460. The van der Waals surface area contributed by atoms with Gasteiger partial charge in [0.15, 0.2) is 0 Å². The molecule has 1 fully saturated rings. The van der Waals surface area contributed by atoms with Crippen molar-refractivity contribution in [3.63, 3.8) is 0 Å². The van der Waals surface area contributed by atoms with Gasteiger partial charge in [-0.1, -0.05) is 72.8 Å². The van der Waals surface area contributed by atoms with Crippen LogP contribution in [0.25, 0.3) is 0 Å². The van der Waals surface area contributed by atoms with Crippen LogP contribution in [0.1, 0.15) is 35.6 Å². The van der Waals surface area contributed by atoms with Gasteiger partial charge in [-0.15, -0.1) is 0 Å². The molecule has 1 aliphatic rings. The molecular formula is C30H31N3O5. The highest BCUT2D eigenvalue weighted by Crippen LogP contribution is 2.43. The lowest BCUT2D eigenvalue weighted by molar-refractivity contribution is -0.135. The number of ether oxygens (including phenoxy) is 2. The summed E-state index contributed by atoms with van der Waals surface area (Å²) in [7, 11) is 1.62. The summed E-state index contributed by atoms with van der Waals surface area (Å²) in [5.41, 5.74) is 0.840. The molecule has 2 heterocycles. The number of aryl methyl sites for hydroxylation is 1. The zero-order chi connectivity index (χ0) is 26.9. The molecule has 8 heteroatoms. The summed E-state index contributed by atoms with van der Waals surface area (Å²) in [5.74, 6) is -0.802. The minimum atomic E-state index is -1.50. The summed E-state index contributed by atoms with van der Waals surface area (Å²) >= 11 is 0. The third kappa shape index (κ3) is 4.36. The first kappa shape index (κ1) is 25.7. The number of rotatable bonds is 7. The van der Waals surface area contributed by atoms with Crippen molar-refractivity contribution in [3.05, 3.63) is 134 Å². The first-order valence-electron chi connectivity index (χ1n) is 12.5.